The highest BCUT2D eigenvalue weighted by molar-refractivity contribution is 8.00. The van der Waals surface area contributed by atoms with Gasteiger partial charge in [0.25, 0.3) is 0 Å². The summed E-state index contributed by atoms with van der Waals surface area (Å²) < 4.78 is 0. The van der Waals surface area contributed by atoms with E-state index in [4.69, 9.17) is 5.26 Å². The molecule has 4 heteroatoms. The van der Waals surface area contributed by atoms with Crippen LogP contribution < -0.4 is 5.32 Å². The molecule has 1 amide bonds. The van der Waals surface area contributed by atoms with Crippen molar-refractivity contribution < 1.29 is 4.79 Å². The summed E-state index contributed by atoms with van der Waals surface area (Å²) in [4.78, 5) is 11.5. The van der Waals surface area contributed by atoms with Crippen LogP contribution >= 0.6 is 11.8 Å². The Balaban J connectivity index is 2.49. The summed E-state index contributed by atoms with van der Waals surface area (Å²) in [6.45, 7) is 2.74. The zero-order valence-corrected chi connectivity index (χ0v) is 11.4. The fraction of sp³-hybridized carbons (Fsp3) is 0.429. The van der Waals surface area contributed by atoms with Gasteiger partial charge in [0.2, 0.25) is 5.91 Å². The largest absolute Gasteiger partial charge is 0.355 e. The molecule has 1 atom stereocenters. The molecular formula is C14H18N2OS. The van der Waals surface area contributed by atoms with Gasteiger partial charge in [-0.1, -0.05) is 37.3 Å². The number of carbonyl (C=O) groups is 1. The van der Waals surface area contributed by atoms with Crippen LogP contribution in [0, 0.1) is 11.3 Å². The van der Waals surface area contributed by atoms with E-state index in [9.17, 15) is 4.79 Å². The van der Waals surface area contributed by atoms with Crippen molar-refractivity contribution in [2.24, 2.45) is 0 Å². The lowest BCUT2D eigenvalue weighted by molar-refractivity contribution is -0.118. The maximum Gasteiger partial charge on any atom is 0.230 e. The van der Waals surface area contributed by atoms with E-state index >= 15 is 0 Å². The number of rotatable bonds is 7. The van der Waals surface area contributed by atoms with E-state index in [1.165, 1.54) is 11.8 Å². The summed E-state index contributed by atoms with van der Waals surface area (Å²) in [6.07, 6.45) is 1.37. The summed E-state index contributed by atoms with van der Waals surface area (Å²) in [6, 6.07) is 12.0. The lowest BCUT2D eigenvalue weighted by Gasteiger charge is -2.13. The molecular weight excluding hydrogens is 244 g/mol. The fourth-order valence-electron chi connectivity index (χ4n) is 1.52. The number of hydrogen-bond acceptors (Lipinski definition) is 3. The molecule has 1 unspecified atom stereocenters. The van der Waals surface area contributed by atoms with Crippen molar-refractivity contribution >= 4 is 17.7 Å². The maximum absolute atomic E-state index is 11.5. The van der Waals surface area contributed by atoms with Gasteiger partial charge in [0.05, 0.1) is 18.2 Å². The lowest BCUT2D eigenvalue weighted by Crippen LogP contribution is -2.26. The molecule has 0 saturated carbocycles. The normalized spacial score (nSPS) is 11.6. The first-order chi connectivity index (χ1) is 8.77. The molecule has 0 bridgehead atoms. The van der Waals surface area contributed by atoms with E-state index < -0.39 is 0 Å². The minimum Gasteiger partial charge on any atom is -0.355 e. The Labute approximate surface area is 113 Å². The second-order valence-electron chi connectivity index (χ2n) is 3.92. The van der Waals surface area contributed by atoms with Crippen LogP contribution in [0.4, 0.5) is 0 Å². The first-order valence-electron chi connectivity index (χ1n) is 6.08. The van der Waals surface area contributed by atoms with Crippen LogP contribution in [-0.2, 0) is 4.79 Å². The summed E-state index contributed by atoms with van der Waals surface area (Å²) in [5.41, 5.74) is 1.10. The van der Waals surface area contributed by atoms with Crippen LogP contribution in [0.5, 0.6) is 0 Å². The highest BCUT2D eigenvalue weighted by Crippen LogP contribution is 2.31. The van der Waals surface area contributed by atoms with Crippen molar-refractivity contribution in [3.8, 4) is 6.07 Å². The molecule has 18 heavy (non-hydrogen) atoms. The quantitative estimate of drug-likeness (QED) is 0.822. The lowest BCUT2D eigenvalue weighted by atomic mass is 10.1. The molecule has 0 heterocycles. The van der Waals surface area contributed by atoms with Gasteiger partial charge in [-0.05, 0) is 12.0 Å². The molecule has 96 valence electrons. The Morgan fingerprint density at radius 1 is 1.44 bits per heavy atom. The minimum atomic E-state index is 0.0423. The zero-order valence-electron chi connectivity index (χ0n) is 10.6. The number of amides is 1. The number of hydrogen-bond donors (Lipinski definition) is 1. The van der Waals surface area contributed by atoms with E-state index in [-0.39, 0.29) is 11.2 Å². The average Bonchev–Trinajstić information content (AvgIpc) is 2.42. The van der Waals surface area contributed by atoms with E-state index in [0.717, 1.165) is 12.0 Å². The van der Waals surface area contributed by atoms with Crippen LogP contribution in [0.3, 0.4) is 0 Å². The second-order valence-corrected chi connectivity index (χ2v) is 5.11. The molecule has 0 saturated heterocycles. The third-order valence-electron chi connectivity index (χ3n) is 2.44. The minimum absolute atomic E-state index is 0.0423. The van der Waals surface area contributed by atoms with Crippen LogP contribution in [-0.4, -0.2) is 18.2 Å². The zero-order chi connectivity index (χ0) is 13.2. The number of nitrogens with zero attached hydrogens (tertiary/aromatic N) is 1. The first kappa shape index (κ1) is 14.6. The molecule has 1 rings (SSSR count). The Morgan fingerprint density at radius 2 is 2.17 bits per heavy atom. The van der Waals surface area contributed by atoms with Gasteiger partial charge >= 0.3 is 0 Å². The monoisotopic (exact) mass is 262 g/mol. The fourth-order valence-corrected chi connectivity index (χ4v) is 2.51. The van der Waals surface area contributed by atoms with Gasteiger partial charge in [0.15, 0.2) is 0 Å². The summed E-state index contributed by atoms with van der Waals surface area (Å²) in [7, 11) is 0. The summed E-state index contributed by atoms with van der Waals surface area (Å²) >= 11 is 1.52. The number of nitrogens with one attached hydrogen (secondary N) is 1. The average molecular weight is 262 g/mol. The van der Waals surface area contributed by atoms with Gasteiger partial charge in [-0.15, -0.1) is 11.8 Å². The molecule has 0 aliphatic carbocycles. The third kappa shape index (κ3) is 5.24. The van der Waals surface area contributed by atoms with E-state index in [0.29, 0.717) is 18.7 Å². The number of thioether (sulfide) groups is 1. The highest BCUT2D eigenvalue weighted by atomic mass is 32.2. The molecule has 1 aromatic carbocycles. The molecule has 0 aliphatic heterocycles. The molecule has 1 N–H and O–H groups in total. The molecule has 0 aliphatic rings. The maximum atomic E-state index is 11.5. The van der Waals surface area contributed by atoms with E-state index in [1.807, 2.05) is 37.3 Å². The summed E-state index contributed by atoms with van der Waals surface area (Å²) in [5.74, 6) is 0.446. The molecule has 3 nitrogen and oxygen atoms in total. The van der Waals surface area contributed by atoms with Crippen LogP contribution in [0.25, 0.3) is 0 Å². The van der Waals surface area contributed by atoms with E-state index in [2.05, 4.69) is 11.4 Å². The van der Waals surface area contributed by atoms with Gasteiger partial charge < -0.3 is 5.32 Å². The highest BCUT2D eigenvalue weighted by Gasteiger charge is 2.13. The van der Waals surface area contributed by atoms with Gasteiger partial charge in [0.1, 0.15) is 0 Å². The molecule has 0 aromatic heterocycles. The predicted molar refractivity (Wildman–Crippen MR) is 75.2 cm³/mol. The van der Waals surface area contributed by atoms with Crippen LogP contribution in [0.15, 0.2) is 30.3 Å². The Bertz CT molecular complexity index is 400. The smallest absolute Gasteiger partial charge is 0.230 e. The Morgan fingerprint density at radius 3 is 2.78 bits per heavy atom. The Hall–Kier alpha value is -1.47. The van der Waals surface area contributed by atoms with Crippen LogP contribution in [0.1, 0.15) is 30.6 Å². The van der Waals surface area contributed by atoms with Crippen molar-refractivity contribution in [2.45, 2.75) is 25.0 Å². The first-order valence-corrected chi connectivity index (χ1v) is 7.13. The SMILES string of the molecule is CCCNC(=O)CSC(CC#N)c1ccccc1. The van der Waals surface area contributed by atoms with Gasteiger partial charge in [-0.3, -0.25) is 4.79 Å². The van der Waals surface area contributed by atoms with Crippen molar-refractivity contribution in [1.82, 2.24) is 5.32 Å². The topological polar surface area (TPSA) is 52.9 Å². The van der Waals surface area contributed by atoms with Crippen molar-refractivity contribution in [2.75, 3.05) is 12.3 Å². The second kappa shape index (κ2) is 8.60. The number of nitriles is 1. The summed E-state index contributed by atoms with van der Waals surface area (Å²) in [5, 5.41) is 11.8. The van der Waals surface area contributed by atoms with E-state index in [1.54, 1.807) is 0 Å². The number of carbonyl (C=O) groups excluding carboxylic acids is 1. The predicted octanol–water partition coefficient (Wildman–Crippen LogP) is 2.90. The standard InChI is InChI=1S/C14H18N2OS/c1-2-10-16-14(17)11-18-13(8-9-15)12-6-4-3-5-7-12/h3-7,13H,2,8,10-11H2,1H3,(H,16,17). The Kier molecular flexibility index (Phi) is 6.97. The molecule has 0 fully saturated rings. The number of benzene rings is 1. The van der Waals surface area contributed by atoms with Crippen molar-refractivity contribution in [1.29, 1.82) is 5.26 Å². The van der Waals surface area contributed by atoms with Crippen LogP contribution in [0.2, 0.25) is 0 Å². The molecule has 0 radical (unpaired) electrons. The molecule has 1 aromatic rings. The van der Waals surface area contributed by atoms with Gasteiger partial charge in [0, 0.05) is 11.8 Å². The van der Waals surface area contributed by atoms with Gasteiger partial charge in [-0.2, -0.15) is 5.26 Å². The third-order valence-corrected chi connectivity index (χ3v) is 3.71. The van der Waals surface area contributed by atoms with Crippen molar-refractivity contribution in [3.63, 3.8) is 0 Å². The van der Waals surface area contributed by atoms with Crippen molar-refractivity contribution in [3.05, 3.63) is 35.9 Å². The molecule has 0 spiro atoms. The van der Waals surface area contributed by atoms with Gasteiger partial charge in [-0.25, -0.2) is 0 Å².